The van der Waals surface area contributed by atoms with Crippen molar-refractivity contribution in [1.82, 2.24) is 15.1 Å². The summed E-state index contributed by atoms with van der Waals surface area (Å²) in [6.45, 7) is 8.07. The van der Waals surface area contributed by atoms with E-state index in [2.05, 4.69) is 51.6 Å². The second-order valence-electron chi connectivity index (χ2n) is 6.29. The summed E-state index contributed by atoms with van der Waals surface area (Å²) in [5.74, 6) is 1.66. The molecule has 1 unspecified atom stereocenters. The summed E-state index contributed by atoms with van der Waals surface area (Å²) in [5.41, 5.74) is 0. The Hall–Kier alpha value is -1.07. The van der Waals surface area contributed by atoms with Gasteiger partial charge >= 0.3 is 0 Å². The molecule has 1 aliphatic rings. The van der Waals surface area contributed by atoms with Crippen molar-refractivity contribution in [3.63, 3.8) is 0 Å². The zero-order chi connectivity index (χ0) is 15.8. The summed E-state index contributed by atoms with van der Waals surface area (Å²) in [4.78, 5) is 10.7. The number of nitrogens with one attached hydrogen (secondary N) is 1. The molecule has 0 saturated carbocycles. The molecule has 0 amide bonds. The van der Waals surface area contributed by atoms with E-state index >= 15 is 0 Å². The number of likely N-dealkylation sites (tertiary alicyclic amines) is 1. The van der Waals surface area contributed by atoms with E-state index in [-0.39, 0.29) is 0 Å². The van der Waals surface area contributed by atoms with Crippen LogP contribution in [0, 0.1) is 5.92 Å². The number of hydrogen-bond donors (Lipinski definition) is 1. The fourth-order valence-electron chi connectivity index (χ4n) is 2.96. The van der Waals surface area contributed by atoms with Gasteiger partial charge in [-0.15, -0.1) is 11.3 Å². The van der Waals surface area contributed by atoms with Crippen molar-refractivity contribution in [2.24, 2.45) is 10.9 Å². The van der Waals surface area contributed by atoms with E-state index in [4.69, 9.17) is 0 Å². The molecule has 2 rings (SSSR count). The molecule has 1 fully saturated rings. The molecular weight excluding hydrogens is 292 g/mol. The average Bonchev–Trinajstić information content (AvgIpc) is 3.19. The molecular formula is C17H30N4S. The molecule has 4 nitrogen and oxygen atoms in total. The normalized spacial score (nSPS) is 17.7. The van der Waals surface area contributed by atoms with E-state index in [9.17, 15) is 0 Å². The maximum atomic E-state index is 4.41. The maximum absolute atomic E-state index is 4.41. The predicted molar refractivity (Wildman–Crippen MR) is 96.9 cm³/mol. The monoisotopic (exact) mass is 322 g/mol. The standard InChI is InChI=1S/C17H30N4S/c1-15(14-21-9-4-5-10-21)13-19-17(18-2)20(3)11-8-16-7-6-12-22-16/h6-7,12,15H,4-5,8-11,13-14H2,1-3H3,(H,18,19). The number of nitrogens with zero attached hydrogens (tertiary/aromatic N) is 3. The molecule has 0 aromatic carbocycles. The second kappa shape index (κ2) is 9.16. The summed E-state index contributed by atoms with van der Waals surface area (Å²) in [6, 6.07) is 4.32. The first kappa shape index (κ1) is 17.3. The molecule has 1 aliphatic heterocycles. The number of hydrogen-bond acceptors (Lipinski definition) is 3. The molecule has 1 aromatic heterocycles. The fourth-order valence-corrected chi connectivity index (χ4v) is 3.66. The molecule has 0 spiro atoms. The zero-order valence-electron chi connectivity index (χ0n) is 14.2. The Morgan fingerprint density at radius 1 is 1.45 bits per heavy atom. The second-order valence-corrected chi connectivity index (χ2v) is 7.32. The van der Waals surface area contributed by atoms with Gasteiger partial charge in [0, 0.05) is 38.6 Å². The molecule has 124 valence electrons. The molecule has 0 aliphatic carbocycles. The van der Waals surface area contributed by atoms with Crippen molar-refractivity contribution in [2.45, 2.75) is 26.2 Å². The number of thiophene rings is 1. The third kappa shape index (κ3) is 5.61. The van der Waals surface area contributed by atoms with Crippen LogP contribution in [-0.4, -0.2) is 62.6 Å². The number of rotatable bonds is 7. The predicted octanol–water partition coefficient (Wildman–Crippen LogP) is 2.53. The van der Waals surface area contributed by atoms with Gasteiger partial charge in [0.1, 0.15) is 0 Å². The fraction of sp³-hybridized carbons (Fsp3) is 0.706. The smallest absolute Gasteiger partial charge is 0.193 e. The van der Waals surface area contributed by atoms with Crippen LogP contribution in [-0.2, 0) is 6.42 Å². The van der Waals surface area contributed by atoms with Crippen LogP contribution in [0.5, 0.6) is 0 Å². The van der Waals surface area contributed by atoms with Gasteiger partial charge in [-0.1, -0.05) is 13.0 Å². The third-order valence-electron chi connectivity index (χ3n) is 4.22. The van der Waals surface area contributed by atoms with Crippen molar-refractivity contribution in [1.29, 1.82) is 0 Å². The molecule has 22 heavy (non-hydrogen) atoms. The van der Waals surface area contributed by atoms with E-state index in [1.54, 1.807) is 0 Å². The van der Waals surface area contributed by atoms with Gasteiger partial charge in [0.25, 0.3) is 0 Å². The van der Waals surface area contributed by atoms with E-state index < -0.39 is 0 Å². The minimum atomic E-state index is 0.653. The Balaban J connectivity index is 1.69. The van der Waals surface area contributed by atoms with Crippen molar-refractivity contribution in [3.05, 3.63) is 22.4 Å². The lowest BCUT2D eigenvalue weighted by molar-refractivity contribution is 0.286. The van der Waals surface area contributed by atoms with Crippen LogP contribution in [0.4, 0.5) is 0 Å². The molecule has 5 heteroatoms. The van der Waals surface area contributed by atoms with Gasteiger partial charge in [0.05, 0.1) is 0 Å². The van der Waals surface area contributed by atoms with Crippen LogP contribution < -0.4 is 5.32 Å². The zero-order valence-corrected chi connectivity index (χ0v) is 15.0. The molecule has 1 N–H and O–H groups in total. The highest BCUT2D eigenvalue weighted by Crippen LogP contribution is 2.10. The highest BCUT2D eigenvalue weighted by molar-refractivity contribution is 7.09. The van der Waals surface area contributed by atoms with Crippen LogP contribution in [0.1, 0.15) is 24.6 Å². The Bertz CT molecular complexity index is 438. The van der Waals surface area contributed by atoms with Gasteiger partial charge in [0.2, 0.25) is 0 Å². The highest BCUT2D eigenvalue weighted by Gasteiger charge is 2.15. The molecule has 1 saturated heterocycles. The van der Waals surface area contributed by atoms with Crippen molar-refractivity contribution in [3.8, 4) is 0 Å². The van der Waals surface area contributed by atoms with Crippen LogP contribution in [0.15, 0.2) is 22.5 Å². The van der Waals surface area contributed by atoms with Gasteiger partial charge in [-0.3, -0.25) is 4.99 Å². The minimum Gasteiger partial charge on any atom is -0.356 e. The molecule has 2 heterocycles. The van der Waals surface area contributed by atoms with E-state index in [1.807, 2.05) is 18.4 Å². The number of likely N-dealkylation sites (N-methyl/N-ethyl adjacent to an activating group) is 1. The third-order valence-corrected chi connectivity index (χ3v) is 5.16. The van der Waals surface area contributed by atoms with E-state index in [1.165, 1.54) is 37.4 Å². The first-order valence-corrected chi connectivity index (χ1v) is 9.23. The first-order chi connectivity index (χ1) is 10.7. The van der Waals surface area contributed by atoms with Crippen molar-refractivity contribution >= 4 is 17.3 Å². The van der Waals surface area contributed by atoms with Gasteiger partial charge < -0.3 is 15.1 Å². The van der Waals surface area contributed by atoms with Gasteiger partial charge in [0.15, 0.2) is 5.96 Å². The number of guanidine groups is 1. The van der Waals surface area contributed by atoms with Gasteiger partial charge in [-0.25, -0.2) is 0 Å². The Kier molecular flexibility index (Phi) is 7.19. The van der Waals surface area contributed by atoms with Crippen LogP contribution >= 0.6 is 11.3 Å². The summed E-state index contributed by atoms with van der Waals surface area (Å²) in [6.07, 6.45) is 3.82. The topological polar surface area (TPSA) is 30.9 Å². The van der Waals surface area contributed by atoms with Crippen LogP contribution in [0.25, 0.3) is 0 Å². The van der Waals surface area contributed by atoms with Gasteiger partial charge in [-0.2, -0.15) is 0 Å². The van der Waals surface area contributed by atoms with Gasteiger partial charge in [-0.05, 0) is 49.7 Å². The highest BCUT2D eigenvalue weighted by atomic mass is 32.1. The average molecular weight is 323 g/mol. The van der Waals surface area contributed by atoms with Crippen LogP contribution in [0.3, 0.4) is 0 Å². The molecule has 0 bridgehead atoms. The summed E-state index contributed by atoms with van der Waals surface area (Å²) >= 11 is 1.83. The Labute approximate surface area is 139 Å². The SMILES string of the molecule is CN=C(NCC(C)CN1CCCC1)N(C)CCc1cccs1. The summed E-state index contributed by atoms with van der Waals surface area (Å²) < 4.78 is 0. The lowest BCUT2D eigenvalue weighted by Crippen LogP contribution is -2.43. The largest absolute Gasteiger partial charge is 0.356 e. The molecule has 1 atom stereocenters. The molecule has 0 radical (unpaired) electrons. The maximum Gasteiger partial charge on any atom is 0.193 e. The summed E-state index contributed by atoms with van der Waals surface area (Å²) in [7, 11) is 3.99. The Morgan fingerprint density at radius 2 is 2.23 bits per heavy atom. The lowest BCUT2D eigenvalue weighted by Gasteiger charge is -2.25. The van der Waals surface area contributed by atoms with Crippen molar-refractivity contribution < 1.29 is 0 Å². The Morgan fingerprint density at radius 3 is 2.86 bits per heavy atom. The van der Waals surface area contributed by atoms with E-state index in [0.717, 1.165) is 25.5 Å². The summed E-state index contributed by atoms with van der Waals surface area (Å²) in [5, 5.41) is 5.67. The quantitative estimate of drug-likeness (QED) is 0.618. The minimum absolute atomic E-state index is 0.653. The number of aliphatic imine (C=N–C) groups is 1. The van der Waals surface area contributed by atoms with Crippen molar-refractivity contribution in [2.75, 3.05) is 46.8 Å². The van der Waals surface area contributed by atoms with Crippen LogP contribution in [0.2, 0.25) is 0 Å². The first-order valence-electron chi connectivity index (χ1n) is 8.35. The molecule has 1 aromatic rings. The van der Waals surface area contributed by atoms with E-state index in [0.29, 0.717) is 5.92 Å². The lowest BCUT2D eigenvalue weighted by atomic mass is 10.1.